The van der Waals surface area contributed by atoms with E-state index in [0.717, 1.165) is 36.7 Å². The van der Waals surface area contributed by atoms with Gasteiger partial charge < -0.3 is 15.5 Å². The maximum Gasteiger partial charge on any atom is 0.225 e. The fourth-order valence-corrected chi connectivity index (χ4v) is 2.91. The zero-order valence-electron chi connectivity index (χ0n) is 14.4. The lowest BCUT2D eigenvalue weighted by atomic mass is 10.2. The molecular weight excluding hydrogens is 332 g/mol. The molecule has 0 fully saturated rings. The van der Waals surface area contributed by atoms with Crippen LogP contribution in [0.15, 0.2) is 48.1 Å². The molecule has 0 radical (unpaired) electrons. The molecule has 0 saturated heterocycles. The van der Waals surface area contributed by atoms with Crippen molar-refractivity contribution in [3.8, 4) is 11.3 Å². The van der Waals surface area contributed by atoms with E-state index in [0.29, 0.717) is 5.95 Å². The van der Waals surface area contributed by atoms with Crippen LogP contribution in [-0.4, -0.2) is 47.0 Å². The van der Waals surface area contributed by atoms with E-state index in [4.69, 9.17) is 0 Å². The number of thiophene rings is 1. The summed E-state index contributed by atoms with van der Waals surface area (Å²) in [5, 5.41) is 8.76. The number of aromatic nitrogens is 3. The Kier molecular flexibility index (Phi) is 5.92. The van der Waals surface area contributed by atoms with Crippen LogP contribution in [-0.2, 0) is 6.54 Å². The van der Waals surface area contributed by atoms with Crippen molar-refractivity contribution in [3.05, 3.63) is 53.0 Å². The number of hydrogen-bond acceptors (Lipinski definition) is 7. The summed E-state index contributed by atoms with van der Waals surface area (Å²) < 4.78 is 0. The summed E-state index contributed by atoms with van der Waals surface area (Å²) in [7, 11) is 4.09. The molecule has 0 aliphatic rings. The molecular formula is C18H22N6S. The van der Waals surface area contributed by atoms with Crippen molar-refractivity contribution in [2.75, 3.05) is 37.8 Å². The first-order valence-electron chi connectivity index (χ1n) is 8.15. The van der Waals surface area contributed by atoms with Gasteiger partial charge in [0.1, 0.15) is 5.82 Å². The van der Waals surface area contributed by atoms with E-state index in [1.807, 2.05) is 38.5 Å². The van der Waals surface area contributed by atoms with E-state index in [9.17, 15) is 0 Å². The molecule has 0 amide bonds. The van der Waals surface area contributed by atoms with Crippen LogP contribution < -0.4 is 10.6 Å². The molecule has 3 heterocycles. The number of nitrogens with zero attached hydrogens (tertiary/aromatic N) is 4. The highest BCUT2D eigenvalue weighted by molar-refractivity contribution is 7.09. The van der Waals surface area contributed by atoms with Gasteiger partial charge in [-0.1, -0.05) is 6.07 Å². The lowest BCUT2D eigenvalue weighted by Gasteiger charge is -2.13. The standard InChI is InChI=1S/C18H22N6S/c1-24(2)9-8-20-18-22-16(14-5-3-7-19-12-14)11-17(23-18)21-13-15-6-4-10-25-15/h3-7,10-12H,8-9,13H2,1-2H3,(H2,20,21,22,23). The first-order valence-corrected chi connectivity index (χ1v) is 9.03. The first kappa shape index (κ1) is 17.3. The van der Waals surface area contributed by atoms with Crippen LogP contribution in [0, 0.1) is 0 Å². The first-order chi connectivity index (χ1) is 12.2. The van der Waals surface area contributed by atoms with Gasteiger partial charge in [-0.25, -0.2) is 4.98 Å². The summed E-state index contributed by atoms with van der Waals surface area (Å²) >= 11 is 1.73. The van der Waals surface area contributed by atoms with Gasteiger partial charge in [-0.2, -0.15) is 4.98 Å². The Morgan fingerprint density at radius 3 is 2.76 bits per heavy atom. The van der Waals surface area contributed by atoms with E-state index in [1.54, 1.807) is 17.5 Å². The normalized spacial score (nSPS) is 10.8. The zero-order valence-corrected chi connectivity index (χ0v) is 15.3. The molecule has 3 aromatic heterocycles. The van der Waals surface area contributed by atoms with Crippen LogP contribution in [0.3, 0.4) is 0 Å². The highest BCUT2D eigenvalue weighted by Gasteiger charge is 2.07. The third-order valence-corrected chi connectivity index (χ3v) is 4.43. The van der Waals surface area contributed by atoms with Gasteiger partial charge in [-0.3, -0.25) is 4.98 Å². The molecule has 6 nitrogen and oxygen atoms in total. The molecule has 0 bridgehead atoms. The van der Waals surface area contributed by atoms with Crippen LogP contribution in [0.5, 0.6) is 0 Å². The largest absolute Gasteiger partial charge is 0.365 e. The third-order valence-electron chi connectivity index (χ3n) is 3.55. The Hall–Kier alpha value is -2.51. The van der Waals surface area contributed by atoms with Crippen molar-refractivity contribution >= 4 is 23.1 Å². The smallest absolute Gasteiger partial charge is 0.225 e. The van der Waals surface area contributed by atoms with Gasteiger partial charge in [0.05, 0.1) is 12.2 Å². The van der Waals surface area contributed by atoms with Crippen LogP contribution in [0.2, 0.25) is 0 Å². The fourth-order valence-electron chi connectivity index (χ4n) is 2.26. The Labute approximate surface area is 152 Å². The van der Waals surface area contributed by atoms with E-state index >= 15 is 0 Å². The molecule has 0 unspecified atom stereocenters. The molecule has 0 aliphatic heterocycles. The molecule has 0 atom stereocenters. The van der Waals surface area contributed by atoms with E-state index in [-0.39, 0.29) is 0 Å². The predicted octanol–water partition coefficient (Wildman–Crippen LogP) is 3.19. The van der Waals surface area contributed by atoms with Gasteiger partial charge in [-0.05, 0) is 37.7 Å². The van der Waals surface area contributed by atoms with Crippen LogP contribution in [0.1, 0.15) is 4.88 Å². The second-order valence-electron chi connectivity index (χ2n) is 5.87. The van der Waals surface area contributed by atoms with Crippen molar-refractivity contribution < 1.29 is 0 Å². The number of rotatable bonds is 8. The highest BCUT2D eigenvalue weighted by atomic mass is 32.1. The molecule has 2 N–H and O–H groups in total. The average Bonchev–Trinajstić information content (AvgIpc) is 3.14. The molecule has 0 spiro atoms. The third kappa shape index (κ3) is 5.23. The number of pyridine rings is 1. The average molecular weight is 354 g/mol. The van der Waals surface area contributed by atoms with Gasteiger partial charge in [0, 0.05) is 42.0 Å². The lowest BCUT2D eigenvalue weighted by molar-refractivity contribution is 0.425. The number of likely N-dealkylation sites (N-methyl/N-ethyl adjacent to an activating group) is 1. The minimum Gasteiger partial charge on any atom is -0.365 e. The maximum absolute atomic E-state index is 4.63. The van der Waals surface area contributed by atoms with Gasteiger partial charge in [0.15, 0.2) is 0 Å². The van der Waals surface area contributed by atoms with E-state index in [2.05, 4.69) is 48.0 Å². The second-order valence-corrected chi connectivity index (χ2v) is 6.90. The Morgan fingerprint density at radius 2 is 2.04 bits per heavy atom. The second kappa shape index (κ2) is 8.55. The molecule has 0 saturated carbocycles. The maximum atomic E-state index is 4.63. The Morgan fingerprint density at radius 1 is 1.12 bits per heavy atom. The van der Waals surface area contributed by atoms with Gasteiger partial charge >= 0.3 is 0 Å². The molecule has 0 aromatic carbocycles. The van der Waals surface area contributed by atoms with Crippen LogP contribution in [0.25, 0.3) is 11.3 Å². The highest BCUT2D eigenvalue weighted by Crippen LogP contribution is 2.21. The SMILES string of the molecule is CN(C)CCNc1nc(NCc2cccs2)cc(-c2cccnc2)n1. The van der Waals surface area contributed by atoms with Crippen molar-refractivity contribution in [1.82, 2.24) is 19.9 Å². The minimum atomic E-state index is 0.622. The van der Waals surface area contributed by atoms with Crippen LogP contribution in [0.4, 0.5) is 11.8 Å². The molecule has 3 aromatic rings. The summed E-state index contributed by atoms with van der Waals surface area (Å²) in [6, 6.07) is 10.0. The van der Waals surface area contributed by atoms with Gasteiger partial charge in [0.25, 0.3) is 0 Å². The lowest BCUT2D eigenvalue weighted by Crippen LogP contribution is -2.21. The van der Waals surface area contributed by atoms with E-state index < -0.39 is 0 Å². The zero-order chi connectivity index (χ0) is 17.5. The summed E-state index contributed by atoms with van der Waals surface area (Å²) in [6.07, 6.45) is 3.58. The quantitative estimate of drug-likeness (QED) is 0.648. The van der Waals surface area contributed by atoms with Gasteiger partial charge in [-0.15, -0.1) is 11.3 Å². The molecule has 0 aliphatic carbocycles. The number of nitrogens with one attached hydrogen (secondary N) is 2. The van der Waals surface area contributed by atoms with Crippen molar-refractivity contribution in [1.29, 1.82) is 0 Å². The van der Waals surface area contributed by atoms with E-state index in [1.165, 1.54) is 4.88 Å². The van der Waals surface area contributed by atoms with Crippen molar-refractivity contribution in [2.45, 2.75) is 6.54 Å². The summed E-state index contributed by atoms with van der Waals surface area (Å²) in [4.78, 5) is 16.8. The molecule has 25 heavy (non-hydrogen) atoms. The number of hydrogen-bond donors (Lipinski definition) is 2. The van der Waals surface area contributed by atoms with Gasteiger partial charge in [0.2, 0.25) is 5.95 Å². The Balaban J connectivity index is 1.79. The van der Waals surface area contributed by atoms with Crippen molar-refractivity contribution in [3.63, 3.8) is 0 Å². The minimum absolute atomic E-state index is 0.622. The summed E-state index contributed by atoms with van der Waals surface area (Å²) in [6.45, 7) is 2.45. The molecule has 130 valence electrons. The Bertz CT molecular complexity index is 774. The topological polar surface area (TPSA) is 66.0 Å². The molecule has 7 heteroatoms. The van der Waals surface area contributed by atoms with Crippen LogP contribution >= 0.6 is 11.3 Å². The summed E-state index contributed by atoms with van der Waals surface area (Å²) in [5.41, 5.74) is 1.82. The fraction of sp³-hybridized carbons (Fsp3) is 0.278. The summed E-state index contributed by atoms with van der Waals surface area (Å²) in [5.74, 6) is 1.42. The van der Waals surface area contributed by atoms with Crippen molar-refractivity contribution in [2.24, 2.45) is 0 Å². The molecule has 3 rings (SSSR count). The monoisotopic (exact) mass is 354 g/mol. The number of anilines is 2. The predicted molar refractivity (Wildman–Crippen MR) is 104 cm³/mol.